The SMILES string of the molecule is CC(=O)N1CCc2cc(C(N)CO)ccc21. The van der Waals surface area contributed by atoms with Crippen LogP contribution in [0.2, 0.25) is 0 Å². The molecule has 1 amide bonds. The van der Waals surface area contributed by atoms with Crippen LogP contribution in [-0.4, -0.2) is 24.2 Å². The van der Waals surface area contributed by atoms with E-state index < -0.39 is 0 Å². The highest BCUT2D eigenvalue weighted by Crippen LogP contribution is 2.30. The van der Waals surface area contributed by atoms with Crippen LogP contribution in [0.25, 0.3) is 0 Å². The highest BCUT2D eigenvalue weighted by molar-refractivity contribution is 5.93. The van der Waals surface area contributed by atoms with Gasteiger partial charge in [0.25, 0.3) is 0 Å². The van der Waals surface area contributed by atoms with Gasteiger partial charge in [-0.2, -0.15) is 0 Å². The molecule has 3 N–H and O–H groups in total. The molecule has 0 saturated heterocycles. The number of carbonyl (C=O) groups is 1. The van der Waals surface area contributed by atoms with Crippen molar-refractivity contribution in [3.63, 3.8) is 0 Å². The van der Waals surface area contributed by atoms with Gasteiger partial charge in [0, 0.05) is 19.2 Å². The smallest absolute Gasteiger partial charge is 0.223 e. The van der Waals surface area contributed by atoms with Crippen molar-refractivity contribution in [3.8, 4) is 0 Å². The number of nitrogens with two attached hydrogens (primary N) is 1. The van der Waals surface area contributed by atoms with Crippen molar-refractivity contribution < 1.29 is 9.90 Å². The van der Waals surface area contributed by atoms with Crippen LogP contribution in [0.3, 0.4) is 0 Å². The van der Waals surface area contributed by atoms with Crippen LogP contribution in [0, 0.1) is 0 Å². The summed E-state index contributed by atoms with van der Waals surface area (Å²) in [4.78, 5) is 13.1. The number of aliphatic hydroxyl groups excluding tert-OH is 1. The lowest BCUT2D eigenvalue weighted by Crippen LogP contribution is -2.25. The number of anilines is 1. The summed E-state index contributed by atoms with van der Waals surface area (Å²) in [5.41, 5.74) is 8.78. The van der Waals surface area contributed by atoms with Crippen LogP contribution in [0.5, 0.6) is 0 Å². The number of aliphatic hydroxyl groups is 1. The van der Waals surface area contributed by atoms with Crippen molar-refractivity contribution in [2.45, 2.75) is 19.4 Å². The van der Waals surface area contributed by atoms with Crippen LogP contribution >= 0.6 is 0 Å². The number of rotatable bonds is 2. The Balaban J connectivity index is 2.32. The maximum absolute atomic E-state index is 11.3. The molecule has 1 aliphatic heterocycles. The maximum atomic E-state index is 11.3. The third-order valence-corrected chi connectivity index (χ3v) is 3.00. The molecule has 0 fully saturated rings. The van der Waals surface area contributed by atoms with Crippen molar-refractivity contribution in [1.82, 2.24) is 0 Å². The summed E-state index contributed by atoms with van der Waals surface area (Å²) in [6.45, 7) is 2.25. The summed E-state index contributed by atoms with van der Waals surface area (Å²) in [6, 6.07) is 5.44. The lowest BCUT2D eigenvalue weighted by Gasteiger charge is -2.16. The number of hydrogen-bond donors (Lipinski definition) is 2. The van der Waals surface area contributed by atoms with Crippen LogP contribution in [-0.2, 0) is 11.2 Å². The van der Waals surface area contributed by atoms with Crippen molar-refractivity contribution in [1.29, 1.82) is 0 Å². The first-order chi connectivity index (χ1) is 7.63. The first kappa shape index (κ1) is 11.1. The Labute approximate surface area is 94.7 Å². The number of nitrogens with zero attached hydrogens (tertiary/aromatic N) is 1. The molecule has 0 bridgehead atoms. The lowest BCUT2D eigenvalue weighted by molar-refractivity contribution is -0.116. The minimum atomic E-state index is -0.336. The molecule has 1 aliphatic rings. The second kappa shape index (κ2) is 4.23. The Kier molecular flexibility index (Phi) is 2.94. The first-order valence-corrected chi connectivity index (χ1v) is 5.41. The van der Waals surface area contributed by atoms with Crippen molar-refractivity contribution in [2.24, 2.45) is 5.73 Å². The predicted octanol–water partition coefficient (Wildman–Crippen LogP) is 0.588. The number of fused-ring (bicyclic) bond motifs is 1. The Morgan fingerprint density at radius 2 is 2.38 bits per heavy atom. The third-order valence-electron chi connectivity index (χ3n) is 3.00. The second-order valence-electron chi connectivity index (χ2n) is 4.10. The van der Waals surface area contributed by atoms with Gasteiger partial charge in [0.05, 0.1) is 12.6 Å². The van der Waals surface area contributed by atoms with E-state index in [0.717, 1.165) is 29.8 Å². The fraction of sp³-hybridized carbons (Fsp3) is 0.417. The van der Waals surface area contributed by atoms with E-state index in [9.17, 15) is 4.79 Å². The molecule has 1 aromatic carbocycles. The number of benzene rings is 1. The summed E-state index contributed by atoms with van der Waals surface area (Å²) in [6.07, 6.45) is 0.862. The largest absolute Gasteiger partial charge is 0.394 e. The van der Waals surface area contributed by atoms with Gasteiger partial charge in [-0.1, -0.05) is 12.1 Å². The van der Waals surface area contributed by atoms with E-state index in [1.807, 2.05) is 18.2 Å². The lowest BCUT2D eigenvalue weighted by atomic mass is 10.0. The molecule has 1 atom stereocenters. The summed E-state index contributed by atoms with van der Waals surface area (Å²) in [5, 5.41) is 8.99. The van der Waals surface area contributed by atoms with E-state index in [1.54, 1.807) is 11.8 Å². The highest BCUT2D eigenvalue weighted by atomic mass is 16.3. The molecule has 86 valence electrons. The van der Waals surface area contributed by atoms with E-state index in [4.69, 9.17) is 10.8 Å². The van der Waals surface area contributed by atoms with E-state index in [2.05, 4.69) is 0 Å². The molecule has 1 unspecified atom stereocenters. The van der Waals surface area contributed by atoms with Gasteiger partial charge in [0.1, 0.15) is 0 Å². The van der Waals surface area contributed by atoms with Gasteiger partial charge in [-0.25, -0.2) is 0 Å². The summed E-state index contributed by atoms with van der Waals surface area (Å²) in [7, 11) is 0. The van der Waals surface area contributed by atoms with Gasteiger partial charge in [0.2, 0.25) is 5.91 Å². The van der Waals surface area contributed by atoms with Gasteiger partial charge in [-0.05, 0) is 23.6 Å². The molecule has 0 saturated carbocycles. The van der Waals surface area contributed by atoms with Crippen molar-refractivity contribution in [3.05, 3.63) is 29.3 Å². The average Bonchev–Trinajstić information content (AvgIpc) is 2.70. The van der Waals surface area contributed by atoms with Crippen LogP contribution in [0.1, 0.15) is 24.1 Å². The number of carbonyl (C=O) groups excluding carboxylic acids is 1. The quantitative estimate of drug-likeness (QED) is 0.766. The van der Waals surface area contributed by atoms with Gasteiger partial charge in [-0.15, -0.1) is 0 Å². The molecule has 1 aromatic rings. The Morgan fingerprint density at radius 1 is 1.62 bits per heavy atom. The minimum absolute atomic E-state index is 0.0603. The van der Waals surface area contributed by atoms with E-state index in [-0.39, 0.29) is 18.6 Å². The van der Waals surface area contributed by atoms with Gasteiger partial charge >= 0.3 is 0 Å². The molecule has 1 heterocycles. The van der Waals surface area contributed by atoms with Crippen LogP contribution in [0.15, 0.2) is 18.2 Å². The topological polar surface area (TPSA) is 66.6 Å². The third kappa shape index (κ3) is 1.81. The van der Waals surface area contributed by atoms with E-state index in [1.165, 1.54) is 0 Å². The Morgan fingerprint density at radius 3 is 3.00 bits per heavy atom. The molecule has 0 aromatic heterocycles. The van der Waals surface area contributed by atoms with Crippen LogP contribution in [0.4, 0.5) is 5.69 Å². The fourth-order valence-corrected chi connectivity index (χ4v) is 2.08. The van der Waals surface area contributed by atoms with Crippen LogP contribution < -0.4 is 10.6 Å². The molecule has 0 aliphatic carbocycles. The number of amides is 1. The predicted molar refractivity (Wildman–Crippen MR) is 62.2 cm³/mol. The Bertz CT molecular complexity index is 417. The molecule has 0 radical (unpaired) electrons. The molecule has 2 rings (SSSR count). The summed E-state index contributed by atoms with van der Waals surface area (Å²) in [5.74, 6) is 0.0676. The standard InChI is InChI=1S/C12H16N2O2/c1-8(16)14-5-4-10-6-9(11(13)7-15)2-3-12(10)14/h2-3,6,11,15H,4-5,7,13H2,1H3. The average molecular weight is 220 g/mol. The molecule has 4 heteroatoms. The minimum Gasteiger partial charge on any atom is -0.394 e. The monoisotopic (exact) mass is 220 g/mol. The normalized spacial score (nSPS) is 16.1. The second-order valence-corrected chi connectivity index (χ2v) is 4.10. The molecule has 4 nitrogen and oxygen atoms in total. The summed E-state index contributed by atoms with van der Waals surface area (Å²) < 4.78 is 0. The van der Waals surface area contributed by atoms with Gasteiger partial charge < -0.3 is 15.7 Å². The van der Waals surface area contributed by atoms with Crippen molar-refractivity contribution >= 4 is 11.6 Å². The molecule has 16 heavy (non-hydrogen) atoms. The first-order valence-electron chi connectivity index (χ1n) is 5.41. The zero-order valence-corrected chi connectivity index (χ0v) is 9.31. The highest BCUT2D eigenvalue weighted by Gasteiger charge is 2.22. The molecular formula is C12H16N2O2. The Hall–Kier alpha value is -1.39. The molecule has 0 spiro atoms. The van der Waals surface area contributed by atoms with Gasteiger partial charge in [-0.3, -0.25) is 4.79 Å². The zero-order valence-electron chi connectivity index (χ0n) is 9.31. The van der Waals surface area contributed by atoms with E-state index in [0.29, 0.717) is 0 Å². The zero-order chi connectivity index (χ0) is 11.7. The van der Waals surface area contributed by atoms with E-state index >= 15 is 0 Å². The molecular weight excluding hydrogens is 204 g/mol. The maximum Gasteiger partial charge on any atom is 0.223 e. The summed E-state index contributed by atoms with van der Waals surface area (Å²) >= 11 is 0. The fourth-order valence-electron chi connectivity index (χ4n) is 2.08. The van der Waals surface area contributed by atoms with Gasteiger partial charge in [0.15, 0.2) is 0 Å². The number of hydrogen-bond acceptors (Lipinski definition) is 3. The van der Waals surface area contributed by atoms with Crippen molar-refractivity contribution in [2.75, 3.05) is 18.1 Å².